The van der Waals surface area contributed by atoms with Crippen LogP contribution in [0.15, 0.2) is 119 Å². The summed E-state index contributed by atoms with van der Waals surface area (Å²) in [7, 11) is -0.535. The average Bonchev–Trinajstić information content (AvgIpc) is 0.799. The Hall–Kier alpha value is -3.34. The number of esters is 1. The molecule has 42 heteroatoms. The van der Waals surface area contributed by atoms with Crippen molar-refractivity contribution in [2.75, 3.05) is 74.1 Å². The summed E-state index contributed by atoms with van der Waals surface area (Å²) in [5.41, 5.74) is 4.27. The van der Waals surface area contributed by atoms with Gasteiger partial charge in [0.25, 0.3) is 6.47 Å². The fourth-order valence-electron chi connectivity index (χ4n) is 11.5. The third-order valence-electron chi connectivity index (χ3n) is 22.3. The number of rotatable bonds is 20. The summed E-state index contributed by atoms with van der Waals surface area (Å²) in [6, 6.07) is 27.8. The van der Waals surface area contributed by atoms with Gasteiger partial charge in [-0.2, -0.15) is 0 Å². The van der Waals surface area contributed by atoms with Crippen molar-refractivity contribution in [3.05, 3.63) is 217 Å². The standard InChI is InChI=1S/C17H28ClNO3Si.C13H19ClN2O2.2C12H19BrClNOSi.C11H14ClNO3.C7H5BrClNO2.C6H3BrClNO2.C6H5BrClNO.C5H8O2/c1-16(2,3)23(4,5)22-12-14-13(6-7-15(18)19-14)17(20)8-10-21-11-9-17;1-16(2)9-11-10(3-4-12(14)15-11)13(17)5-7-18-8-6-13;1-12(2,3)17(4,5)16-8-10-9(13)6-7-11(14)15-10;1-12(2,17(3,4)16)8-7-10-9(13)5-6-11(14)15-10;12-10-2-1-8(9(7-14)13-10)11(15)3-5-16-6-4-11;1-12-7(11)6-4(8)2-3-5(9)10-6;7-4-1-2-5(8)9-6(4)11-3-10;7-4-1-2-6(8)9-5(4)3-10;6-5-1-3-7-4-2-5/h6-7,20H,8-12H2,1-5H3;3-4,17H,5-9H2,1-2H3;6-7H,8H2,1-5H3;5-6,16H,7-8H2,1-4H3;1-2,14-15H,3-7H2;2-3H,1H3;1-3H;1-2,10H,3H2;1-4H2. The lowest BCUT2D eigenvalue weighted by Crippen LogP contribution is -2.41. The number of pyridine rings is 8. The molecule has 12 rings (SSSR count). The predicted molar refractivity (Wildman–Crippen MR) is 543 cm³/mol. The Morgan fingerprint density at radius 3 is 1.13 bits per heavy atom. The number of ether oxygens (including phenoxy) is 6. The minimum absolute atomic E-state index is 0.0313. The molecule has 131 heavy (non-hydrogen) atoms. The van der Waals surface area contributed by atoms with Gasteiger partial charge in [0.15, 0.2) is 30.6 Å². The van der Waals surface area contributed by atoms with Crippen LogP contribution in [0, 0.1) is 0 Å². The quantitative estimate of drug-likeness (QED) is 0.0179. The van der Waals surface area contributed by atoms with E-state index in [9.17, 15) is 39.6 Å². The molecule has 4 aliphatic rings. The summed E-state index contributed by atoms with van der Waals surface area (Å²) in [5, 5.41) is 53.6. The zero-order chi connectivity index (χ0) is 98.7. The highest BCUT2D eigenvalue weighted by Crippen LogP contribution is 2.44. The molecule has 4 saturated heterocycles. The number of aromatic nitrogens is 8. The van der Waals surface area contributed by atoms with Crippen molar-refractivity contribution in [2.24, 2.45) is 0 Å². The van der Waals surface area contributed by atoms with E-state index < -0.39 is 47.7 Å². The van der Waals surface area contributed by atoms with Gasteiger partial charge in [0, 0.05) is 128 Å². The molecule has 8 aromatic heterocycles. The van der Waals surface area contributed by atoms with Crippen molar-refractivity contribution in [3.8, 4) is 5.88 Å². The zero-order valence-corrected chi connectivity index (χ0v) is 93.7. The van der Waals surface area contributed by atoms with E-state index in [-0.39, 0.29) is 50.2 Å². The molecular weight excluding hydrogens is 2230 g/mol. The summed E-state index contributed by atoms with van der Waals surface area (Å²) < 4.78 is 46.1. The van der Waals surface area contributed by atoms with Crippen LogP contribution in [0.4, 0.5) is 0 Å². The number of nitrogens with zero attached hydrogens (tertiary/aromatic N) is 9. The molecule has 0 saturated carbocycles. The van der Waals surface area contributed by atoms with Crippen molar-refractivity contribution in [3.63, 3.8) is 0 Å². The van der Waals surface area contributed by atoms with E-state index in [2.05, 4.69) is 211 Å². The predicted octanol–water partition coefficient (Wildman–Crippen LogP) is 23.4. The van der Waals surface area contributed by atoms with E-state index in [1.54, 1.807) is 72.8 Å². The van der Waals surface area contributed by atoms with Gasteiger partial charge >= 0.3 is 5.97 Å². The fourth-order valence-corrected chi connectivity index (χ4v) is 17.2. The van der Waals surface area contributed by atoms with Gasteiger partial charge in [0.05, 0.1) is 107 Å². The zero-order valence-electron chi connectivity index (χ0n) is 76.7. The van der Waals surface area contributed by atoms with E-state index >= 15 is 0 Å². The van der Waals surface area contributed by atoms with Gasteiger partial charge < -0.3 is 72.5 Å². The van der Waals surface area contributed by atoms with Crippen LogP contribution in [0.3, 0.4) is 0 Å². The summed E-state index contributed by atoms with van der Waals surface area (Å²) in [6.45, 7) is 36.5. The van der Waals surface area contributed by atoms with Gasteiger partial charge in [-0.25, -0.2) is 44.7 Å². The third kappa shape index (κ3) is 41.2. The van der Waals surface area contributed by atoms with Crippen molar-refractivity contribution >= 4 is 216 Å². The Kier molecular flexibility index (Phi) is 52.0. The number of methoxy groups -OCH3 is 1. The second-order valence-corrected chi connectivity index (χ2v) is 56.3. The lowest BCUT2D eigenvalue weighted by molar-refractivity contribution is -0.124. The number of carbonyl (C=O) groups is 3. The third-order valence-corrected chi connectivity index (χ3v) is 39.9. The van der Waals surface area contributed by atoms with E-state index in [1.165, 1.54) is 7.11 Å². The number of carbonyl (C=O) groups excluding carboxylic acids is 3. The number of hydrogen-bond donors (Lipinski definition) is 6. The molecule has 4 fully saturated rings. The van der Waals surface area contributed by atoms with Crippen LogP contribution in [-0.2, 0) is 98.3 Å². The summed E-state index contributed by atoms with van der Waals surface area (Å²) in [6.07, 6.45) is 6.38. The van der Waals surface area contributed by atoms with Crippen molar-refractivity contribution in [1.29, 1.82) is 0 Å². The summed E-state index contributed by atoms with van der Waals surface area (Å²) in [5.74, 6) is 0.00289. The molecule has 26 nitrogen and oxygen atoms in total. The molecule has 6 N–H and O–H groups in total. The second kappa shape index (κ2) is 56.8. The first-order valence-corrected chi connectivity index (χ1v) is 57.4. The van der Waals surface area contributed by atoms with Crippen LogP contribution in [-0.4, -0.2) is 192 Å². The molecule has 0 amide bonds. The van der Waals surface area contributed by atoms with Crippen LogP contribution < -0.4 is 4.74 Å². The highest BCUT2D eigenvalue weighted by Gasteiger charge is 2.42. The van der Waals surface area contributed by atoms with E-state index in [0.29, 0.717) is 193 Å². The van der Waals surface area contributed by atoms with Crippen LogP contribution in [0.5, 0.6) is 5.88 Å². The van der Waals surface area contributed by atoms with Gasteiger partial charge in [-0.05, 0) is 240 Å². The molecule has 0 bridgehead atoms. The molecule has 0 atom stereocenters. The lowest BCUT2D eigenvalue weighted by Gasteiger charge is -2.37. The maximum Gasteiger partial charge on any atom is 0.357 e. The molecule has 0 aromatic carbocycles. The van der Waals surface area contributed by atoms with Gasteiger partial charge in [-0.1, -0.05) is 166 Å². The Morgan fingerprint density at radius 1 is 0.450 bits per heavy atom. The maximum atomic E-state index is 11.0. The maximum absolute atomic E-state index is 11.0. The number of hydrogen-bond acceptors (Lipinski definition) is 26. The normalized spacial score (nSPS) is 15.3. The largest absolute Gasteiger partial charge is 0.464 e. The topological polar surface area (TPSA) is 353 Å². The Morgan fingerprint density at radius 2 is 0.763 bits per heavy atom. The molecule has 12 heterocycles. The van der Waals surface area contributed by atoms with Crippen LogP contribution in [0.25, 0.3) is 0 Å². The first-order chi connectivity index (χ1) is 61.0. The van der Waals surface area contributed by atoms with Gasteiger partial charge in [-0.3, -0.25) is 9.59 Å². The van der Waals surface area contributed by atoms with Gasteiger partial charge in [0.1, 0.15) is 47.0 Å². The van der Waals surface area contributed by atoms with E-state index in [0.717, 1.165) is 60.2 Å². The molecule has 0 unspecified atom stereocenters. The first-order valence-electron chi connectivity index (χ1n) is 41.6. The highest BCUT2D eigenvalue weighted by atomic mass is 79.9. The minimum atomic E-state index is -2.15. The lowest BCUT2D eigenvalue weighted by atomic mass is 9.85. The molecule has 726 valence electrons. The molecular formula is C89H120Br5Cl8N9O17Si3. The van der Waals surface area contributed by atoms with Gasteiger partial charge in [0.2, 0.25) is 5.88 Å². The number of aryl methyl sites for hydroxylation is 1. The molecule has 8 aromatic rings. The van der Waals surface area contributed by atoms with E-state index in [4.69, 9.17) is 126 Å². The molecule has 0 aliphatic carbocycles. The van der Waals surface area contributed by atoms with E-state index in [1.807, 2.05) is 56.4 Å². The SMILES string of the molecule is CC(C)(C)[Si](C)(C)OCc1nc(Cl)ccc1Br.CC(C)(C)[Si](C)(C)OCc1nc(Cl)ccc1C1(O)CCOCC1.CC(C)(CCc1nc(Cl)ccc1Br)[Si](C)(C)O.CN(C)Cc1nc(Cl)ccc1C1(O)CCOCC1.COC(=O)c1nc(Cl)ccc1Br.O=C1CCOCC1.O=COc1nc(Cl)ccc1Br.OCc1nc(Cl)ccc1Br.OCc1nc(Cl)ccc1C1(O)CCOCC1. The number of aliphatic hydroxyl groups is 5. The van der Waals surface area contributed by atoms with Crippen LogP contribution >= 0.6 is 172 Å². The minimum Gasteiger partial charge on any atom is -0.464 e. The Bertz CT molecular complexity index is 4860. The van der Waals surface area contributed by atoms with Crippen molar-refractivity contribution < 1.29 is 82.0 Å². The Labute approximate surface area is 855 Å². The summed E-state index contributed by atoms with van der Waals surface area (Å²) in [4.78, 5) is 76.3. The van der Waals surface area contributed by atoms with Crippen molar-refractivity contribution in [1.82, 2.24) is 44.8 Å². The average molecular weight is 2360 g/mol. The summed E-state index contributed by atoms with van der Waals surface area (Å²) >= 11 is 62.6. The van der Waals surface area contributed by atoms with Gasteiger partial charge in [-0.15, -0.1) is 0 Å². The number of halogens is 13. The second-order valence-electron chi connectivity index (χ2n) is 34.8. The monoisotopic (exact) mass is 2350 g/mol. The molecule has 4 aliphatic heterocycles. The Balaban J connectivity index is 0.000000313. The van der Waals surface area contributed by atoms with Crippen molar-refractivity contribution in [2.45, 2.75) is 224 Å². The smallest absolute Gasteiger partial charge is 0.357 e. The molecule has 0 spiro atoms. The van der Waals surface area contributed by atoms with Crippen LogP contribution in [0.1, 0.15) is 175 Å². The highest BCUT2D eigenvalue weighted by molar-refractivity contribution is 9.11. The molecule has 0 radical (unpaired) electrons. The number of Topliss-reactive ketones (excluding diaryl/α,β-unsaturated/α-hetero) is 1. The fraction of sp³-hybridized carbons (Fsp3) is 0.517. The first kappa shape index (κ1) is 120. The number of aliphatic hydroxyl groups excluding tert-OH is 2. The van der Waals surface area contributed by atoms with Crippen LogP contribution in [0.2, 0.25) is 95.6 Å². The number of ketones is 1.